The largest absolute Gasteiger partial charge is 0.278 e. The molecule has 0 spiro atoms. The fourth-order valence-electron chi connectivity index (χ4n) is 1.28. The monoisotopic (exact) mass is 230 g/mol. The molecule has 1 heterocycles. The van der Waals surface area contributed by atoms with Crippen LogP contribution in [-0.2, 0) is 14.8 Å². The summed E-state index contributed by atoms with van der Waals surface area (Å²) in [7, 11) is 1.65. The van der Waals surface area contributed by atoms with Crippen molar-refractivity contribution in [3.05, 3.63) is 30.0 Å². The lowest BCUT2D eigenvalue weighted by Crippen LogP contribution is -1.94. The number of fused-ring (bicyclic) bond motifs is 1. The van der Waals surface area contributed by atoms with Gasteiger partial charge in [-0.05, 0) is 17.7 Å². The van der Waals surface area contributed by atoms with Crippen molar-refractivity contribution < 1.29 is 8.42 Å². The van der Waals surface area contributed by atoms with E-state index in [2.05, 4.69) is 10.2 Å². The molecule has 0 radical (unpaired) electrons. The van der Waals surface area contributed by atoms with Gasteiger partial charge in [0.05, 0.1) is 17.5 Å². The molecule has 0 aliphatic rings. The number of aromatic nitrogens is 2. The molecule has 1 aromatic carbocycles. The predicted molar refractivity (Wildman–Crippen MR) is 54.6 cm³/mol. The number of nitrogens with zero attached hydrogens (tertiary/aromatic N) is 1. The maximum atomic E-state index is 10.8. The molecule has 1 aromatic heterocycles. The minimum atomic E-state index is -3.49. The molecule has 0 aliphatic heterocycles. The minimum Gasteiger partial charge on any atom is -0.278 e. The quantitative estimate of drug-likeness (QED) is 0.798. The highest BCUT2D eigenvalue weighted by atomic mass is 35.7. The number of aromatic amines is 1. The van der Waals surface area contributed by atoms with Gasteiger partial charge in [-0.15, -0.1) is 0 Å². The maximum Gasteiger partial charge on any atom is 0.236 e. The summed E-state index contributed by atoms with van der Waals surface area (Å²) in [4.78, 5) is 0. The molecule has 6 heteroatoms. The molecule has 0 bridgehead atoms. The fourth-order valence-corrected chi connectivity index (χ4v) is 2.24. The Morgan fingerprint density at radius 2 is 2.21 bits per heavy atom. The van der Waals surface area contributed by atoms with Crippen molar-refractivity contribution in [2.24, 2.45) is 0 Å². The number of rotatable bonds is 2. The van der Waals surface area contributed by atoms with Gasteiger partial charge in [-0.3, -0.25) is 5.10 Å². The highest BCUT2D eigenvalue weighted by Crippen LogP contribution is 2.16. The summed E-state index contributed by atoms with van der Waals surface area (Å²) in [6.07, 6.45) is 1.64. The van der Waals surface area contributed by atoms with Crippen molar-refractivity contribution in [2.75, 3.05) is 0 Å². The third kappa shape index (κ3) is 2.05. The van der Waals surface area contributed by atoms with Crippen LogP contribution in [0.25, 0.3) is 10.9 Å². The second kappa shape index (κ2) is 3.25. The second-order valence-corrected chi connectivity index (χ2v) is 5.75. The number of hydrogen-bond donors (Lipinski definition) is 1. The lowest BCUT2D eigenvalue weighted by Gasteiger charge is -1.97. The van der Waals surface area contributed by atoms with Crippen LogP contribution in [0.2, 0.25) is 0 Å². The van der Waals surface area contributed by atoms with Crippen molar-refractivity contribution in [3.63, 3.8) is 0 Å². The van der Waals surface area contributed by atoms with Crippen LogP contribution in [0, 0.1) is 0 Å². The zero-order valence-corrected chi connectivity index (χ0v) is 8.64. The van der Waals surface area contributed by atoms with Gasteiger partial charge in [-0.2, -0.15) is 5.10 Å². The Morgan fingerprint density at radius 3 is 2.93 bits per heavy atom. The maximum absolute atomic E-state index is 10.8. The highest BCUT2D eigenvalue weighted by molar-refractivity contribution is 8.13. The summed E-state index contributed by atoms with van der Waals surface area (Å²) in [5.41, 5.74) is 1.54. The molecular weight excluding hydrogens is 224 g/mol. The molecule has 0 amide bonds. The molecule has 0 atom stereocenters. The van der Waals surface area contributed by atoms with Gasteiger partial charge in [0.15, 0.2) is 0 Å². The number of benzene rings is 1. The second-order valence-electron chi connectivity index (χ2n) is 2.97. The molecule has 0 aliphatic carbocycles. The first-order chi connectivity index (χ1) is 6.54. The van der Waals surface area contributed by atoms with E-state index < -0.39 is 9.05 Å². The lowest BCUT2D eigenvalue weighted by molar-refractivity contribution is 0.609. The minimum absolute atomic E-state index is 0.157. The first kappa shape index (κ1) is 9.48. The van der Waals surface area contributed by atoms with Crippen molar-refractivity contribution in [3.8, 4) is 0 Å². The van der Waals surface area contributed by atoms with E-state index in [-0.39, 0.29) is 5.75 Å². The van der Waals surface area contributed by atoms with E-state index in [1.807, 2.05) is 0 Å². The van der Waals surface area contributed by atoms with Crippen molar-refractivity contribution >= 4 is 30.6 Å². The van der Waals surface area contributed by atoms with Gasteiger partial charge in [0, 0.05) is 16.1 Å². The smallest absolute Gasteiger partial charge is 0.236 e. The third-order valence-electron chi connectivity index (χ3n) is 1.84. The van der Waals surface area contributed by atoms with Gasteiger partial charge in [-0.25, -0.2) is 8.42 Å². The van der Waals surface area contributed by atoms with Gasteiger partial charge in [0.25, 0.3) is 0 Å². The van der Waals surface area contributed by atoms with Crippen LogP contribution in [0.5, 0.6) is 0 Å². The Hall–Kier alpha value is -1.07. The Bertz CT molecular complexity index is 561. The van der Waals surface area contributed by atoms with Crippen LogP contribution in [-0.4, -0.2) is 18.6 Å². The molecule has 0 saturated heterocycles. The first-order valence-corrected chi connectivity index (χ1v) is 6.37. The van der Waals surface area contributed by atoms with Gasteiger partial charge in [-0.1, -0.05) is 6.07 Å². The van der Waals surface area contributed by atoms with E-state index >= 15 is 0 Å². The van der Waals surface area contributed by atoms with E-state index in [4.69, 9.17) is 10.7 Å². The van der Waals surface area contributed by atoms with Crippen LogP contribution in [0.4, 0.5) is 0 Å². The highest BCUT2D eigenvalue weighted by Gasteiger charge is 2.07. The molecule has 4 nitrogen and oxygen atoms in total. The summed E-state index contributed by atoms with van der Waals surface area (Å²) in [5, 5.41) is 7.49. The predicted octanol–water partition coefficient (Wildman–Crippen LogP) is 1.63. The van der Waals surface area contributed by atoms with Crippen LogP contribution >= 0.6 is 10.7 Å². The molecule has 0 fully saturated rings. The van der Waals surface area contributed by atoms with Crippen LogP contribution in [0.15, 0.2) is 24.4 Å². The normalized spacial score (nSPS) is 12.1. The van der Waals surface area contributed by atoms with Crippen molar-refractivity contribution in [1.29, 1.82) is 0 Å². The van der Waals surface area contributed by atoms with Crippen LogP contribution in [0.3, 0.4) is 0 Å². The molecule has 1 N–H and O–H groups in total. The van der Waals surface area contributed by atoms with E-state index in [0.29, 0.717) is 5.56 Å². The lowest BCUT2D eigenvalue weighted by atomic mass is 10.2. The molecule has 0 saturated carbocycles. The van der Waals surface area contributed by atoms with Crippen LogP contribution in [0.1, 0.15) is 5.56 Å². The zero-order valence-electron chi connectivity index (χ0n) is 7.07. The Balaban J connectivity index is 2.44. The van der Waals surface area contributed by atoms with Gasteiger partial charge in [0.2, 0.25) is 9.05 Å². The molecule has 2 rings (SSSR count). The average Bonchev–Trinajstić information content (AvgIpc) is 2.47. The number of hydrogen-bond acceptors (Lipinski definition) is 3. The van der Waals surface area contributed by atoms with E-state index in [1.165, 1.54) is 0 Å². The number of halogens is 1. The summed E-state index contributed by atoms with van der Waals surface area (Å²) in [6, 6.07) is 5.24. The fraction of sp³-hybridized carbons (Fsp3) is 0.125. The topological polar surface area (TPSA) is 62.8 Å². The van der Waals surface area contributed by atoms with Crippen molar-refractivity contribution in [1.82, 2.24) is 10.2 Å². The number of nitrogens with one attached hydrogen (secondary N) is 1. The number of H-pyrrole nitrogens is 1. The molecule has 14 heavy (non-hydrogen) atoms. The van der Waals surface area contributed by atoms with Gasteiger partial charge >= 0.3 is 0 Å². The van der Waals surface area contributed by atoms with Gasteiger partial charge < -0.3 is 0 Å². The Morgan fingerprint density at radius 1 is 1.43 bits per heavy atom. The summed E-state index contributed by atoms with van der Waals surface area (Å²) >= 11 is 0. The standard InChI is InChI=1S/C8H7ClN2O2S/c9-14(12,13)5-6-1-2-8-7(3-6)4-10-11-8/h1-4H,5H2,(H,10,11). The van der Waals surface area contributed by atoms with E-state index in [9.17, 15) is 8.42 Å². The molecule has 74 valence electrons. The average molecular weight is 231 g/mol. The Kier molecular flexibility index (Phi) is 2.20. The van der Waals surface area contributed by atoms with E-state index in [1.54, 1.807) is 24.4 Å². The van der Waals surface area contributed by atoms with Gasteiger partial charge in [0.1, 0.15) is 0 Å². The third-order valence-corrected chi connectivity index (χ3v) is 2.85. The molecular formula is C8H7ClN2O2S. The van der Waals surface area contributed by atoms with E-state index in [0.717, 1.165) is 10.9 Å². The zero-order chi connectivity index (χ0) is 10.2. The first-order valence-electron chi connectivity index (χ1n) is 3.89. The summed E-state index contributed by atoms with van der Waals surface area (Å²) in [5.74, 6) is -0.157. The molecule has 0 unspecified atom stereocenters. The Labute approximate surface area is 85.3 Å². The van der Waals surface area contributed by atoms with Crippen LogP contribution < -0.4 is 0 Å². The SMILES string of the molecule is O=S(=O)(Cl)Cc1ccc2[nH]ncc2c1. The van der Waals surface area contributed by atoms with Crippen molar-refractivity contribution in [2.45, 2.75) is 5.75 Å². The summed E-state index contributed by atoms with van der Waals surface area (Å²) in [6.45, 7) is 0. The molecule has 2 aromatic rings. The summed E-state index contributed by atoms with van der Waals surface area (Å²) < 4.78 is 21.6.